The van der Waals surface area contributed by atoms with Gasteiger partial charge in [-0.3, -0.25) is 0 Å². The molecule has 12 heavy (non-hydrogen) atoms. The van der Waals surface area contributed by atoms with E-state index in [1.165, 1.54) is 19.2 Å². The van der Waals surface area contributed by atoms with Gasteiger partial charge in [0.2, 0.25) is 0 Å². The molecule has 0 saturated carbocycles. The summed E-state index contributed by atoms with van der Waals surface area (Å²) in [6.45, 7) is 0. The lowest BCUT2D eigenvalue weighted by molar-refractivity contribution is 0.415. The Hall–Kier alpha value is -1.89. The number of hydrogen-bond acceptors (Lipinski definition) is 4. The molecule has 0 spiro atoms. The van der Waals surface area contributed by atoms with Gasteiger partial charge in [0.15, 0.2) is 0 Å². The molecule has 1 rings (SSSR count). The molecule has 1 aromatic rings. The van der Waals surface area contributed by atoms with Gasteiger partial charge in [0.1, 0.15) is 17.5 Å². The molecule has 4 nitrogen and oxygen atoms in total. The third-order valence-corrected chi connectivity index (χ3v) is 1.42. The second kappa shape index (κ2) is 3.49. The van der Waals surface area contributed by atoms with Gasteiger partial charge in [-0.2, -0.15) is 5.26 Å². The fraction of sp³-hybridized carbons (Fsp3) is 0.125. The average molecular weight is 162 g/mol. The van der Waals surface area contributed by atoms with Crippen LogP contribution in [0.4, 0.5) is 5.69 Å². The normalized spacial score (nSPS) is 8.67. The summed E-state index contributed by atoms with van der Waals surface area (Å²) in [6.07, 6.45) is 0. The number of methoxy groups -OCH3 is 1. The lowest BCUT2D eigenvalue weighted by Crippen LogP contribution is -1.83. The van der Waals surface area contributed by atoms with Gasteiger partial charge in [-0.15, -0.1) is 4.91 Å². The number of ether oxygens (including phenoxy) is 1. The van der Waals surface area contributed by atoms with Crippen molar-refractivity contribution in [1.82, 2.24) is 0 Å². The molecule has 0 aromatic heterocycles. The molecule has 60 valence electrons. The van der Waals surface area contributed by atoms with E-state index in [1.54, 1.807) is 6.07 Å². The summed E-state index contributed by atoms with van der Waals surface area (Å²) in [7, 11) is 1.48. The van der Waals surface area contributed by atoms with Gasteiger partial charge in [-0.25, -0.2) is 0 Å². The van der Waals surface area contributed by atoms with Crippen LogP contribution in [0.1, 0.15) is 5.56 Å². The Labute approximate surface area is 69.4 Å². The van der Waals surface area contributed by atoms with Gasteiger partial charge in [0.25, 0.3) is 0 Å². The Morgan fingerprint density at radius 2 is 2.33 bits per heavy atom. The molecule has 4 heteroatoms. The summed E-state index contributed by atoms with van der Waals surface area (Å²) in [6, 6.07) is 6.37. The maximum atomic E-state index is 10.2. The molecule has 1 aromatic carbocycles. The summed E-state index contributed by atoms with van der Waals surface area (Å²) < 4.78 is 4.85. The van der Waals surface area contributed by atoms with E-state index in [1.807, 2.05) is 6.07 Å². The van der Waals surface area contributed by atoms with E-state index in [2.05, 4.69) is 5.18 Å². The Bertz CT molecular complexity index is 341. The van der Waals surface area contributed by atoms with Crippen molar-refractivity contribution < 1.29 is 4.74 Å². The molecule has 0 aliphatic rings. The number of nitroso groups, excluding NO2 is 1. The van der Waals surface area contributed by atoms with Crippen molar-refractivity contribution in [2.45, 2.75) is 0 Å². The van der Waals surface area contributed by atoms with Crippen molar-refractivity contribution in [3.8, 4) is 11.8 Å². The monoisotopic (exact) mass is 162 g/mol. The molecular weight excluding hydrogens is 156 g/mol. The minimum absolute atomic E-state index is 0.108. The molecule has 0 amide bonds. The van der Waals surface area contributed by atoms with E-state index in [0.29, 0.717) is 5.75 Å². The highest BCUT2D eigenvalue weighted by molar-refractivity contribution is 5.56. The van der Waals surface area contributed by atoms with Crippen LogP contribution in [0.5, 0.6) is 5.75 Å². The fourth-order valence-corrected chi connectivity index (χ4v) is 0.808. The smallest absolute Gasteiger partial charge is 0.129 e. The molecule has 0 unspecified atom stereocenters. The quantitative estimate of drug-likeness (QED) is 0.624. The lowest BCUT2D eigenvalue weighted by atomic mass is 10.2. The predicted octanol–water partition coefficient (Wildman–Crippen LogP) is 1.96. The zero-order chi connectivity index (χ0) is 8.97. The van der Waals surface area contributed by atoms with Crippen molar-refractivity contribution in [3.05, 3.63) is 28.7 Å². The Balaban J connectivity index is 3.21. The number of rotatable bonds is 2. The maximum absolute atomic E-state index is 10.2. The van der Waals surface area contributed by atoms with E-state index in [-0.39, 0.29) is 11.3 Å². The molecular formula is C8H6N2O2. The van der Waals surface area contributed by atoms with Crippen LogP contribution in [0, 0.1) is 16.2 Å². The van der Waals surface area contributed by atoms with Gasteiger partial charge in [0, 0.05) is 6.07 Å². The highest BCUT2D eigenvalue weighted by atomic mass is 16.5. The summed E-state index contributed by atoms with van der Waals surface area (Å²) >= 11 is 0. The Kier molecular flexibility index (Phi) is 2.38. The molecule has 0 atom stereocenters. The predicted molar refractivity (Wildman–Crippen MR) is 43.2 cm³/mol. The molecule has 0 N–H and O–H groups in total. The summed E-state index contributed by atoms with van der Waals surface area (Å²) in [5.74, 6) is 0.517. The van der Waals surface area contributed by atoms with Crippen LogP contribution in [-0.2, 0) is 0 Å². The van der Waals surface area contributed by atoms with Crippen molar-refractivity contribution >= 4 is 5.69 Å². The SMILES string of the molecule is COc1ccc(C#N)c(N=O)c1. The average Bonchev–Trinajstić information content (AvgIpc) is 2.16. The standard InChI is InChI=1S/C8H6N2O2/c1-12-7-3-2-6(5-9)8(4-7)10-11/h2-4H,1H3. The molecule has 0 aliphatic carbocycles. The number of hydrogen-bond donors (Lipinski definition) is 0. The highest BCUT2D eigenvalue weighted by Crippen LogP contribution is 2.23. The minimum Gasteiger partial charge on any atom is -0.497 e. The van der Waals surface area contributed by atoms with Crippen LogP contribution >= 0.6 is 0 Å². The van der Waals surface area contributed by atoms with Gasteiger partial charge >= 0.3 is 0 Å². The first-order valence-electron chi connectivity index (χ1n) is 3.23. The van der Waals surface area contributed by atoms with Crippen molar-refractivity contribution in [2.75, 3.05) is 7.11 Å². The first kappa shape index (κ1) is 8.21. The van der Waals surface area contributed by atoms with Crippen molar-refractivity contribution in [3.63, 3.8) is 0 Å². The topological polar surface area (TPSA) is 62.4 Å². The van der Waals surface area contributed by atoms with Crippen LogP contribution in [0.3, 0.4) is 0 Å². The van der Waals surface area contributed by atoms with E-state index in [0.717, 1.165) is 0 Å². The third kappa shape index (κ3) is 1.40. The molecule has 0 fully saturated rings. The molecule has 0 bridgehead atoms. The lowest BCUT2D eigenvalue weighted by Gasteiger charge is -1.99. The summed E-state index contributed by atoms with van der Waals surface area (Å²) in [4.78, 5) is 10.2. The van der Waals surface area contributed by atoms with Crippen LogP contribution < -0.4 is 4.74 Å². The second-order valence-corrected chi connectivity index (χ2v) is 2.09. The number of nitrogens with zero attached hydrogens (tertiary/aromatic N) is 2. The van der Waals surface area contributed by atoms with Crippen LogP contribution in [0.15, 0.2) is 23.4 Å². The van der Waals surface area contributed by atoms with Gasteiger partial charge in [-0.1, -0.05) is 0 Å². The Morgan fingerprint density at radius 1 is 1.58 bits per heavy atom. The van der Waals surface area contributed by atoms with E-state index >= 15 is 0 Å². The van der Waals surface area contributed by atoms with E-state index < -0.39 is 0 Å². The molecule has 0 saturated heterocycles. The largest absolute Gasteiger partial charge is 0.497 e. The zero-order valence-corrected chi connectivity index (χ0v) is 6.44. The van der Waals surface area contributed by atoms with Crippen LogP contribution in [-0.4, -0.2) is 7.11 Å². The first-order chi connectivity index (χ1) is 5.81. The fourth-order valence-electron chi connectivity index (χ4n) is 0.808. The van der Waals surface area contributed by atoms with Crippen molar-refractivity contribution in [1.29, 1.82) is 5.26 Å². The molecule has 0 radical (unpaired) electrons. The first-order valence-corrected chi connectivity index (χ1v) is 3.23. The van der Waals surface area contributed by atoms with Crippen molar-refractivity contribution in [2.24, 2.45) is 5.18 Å². The van der Waals surface area contributed by atoms with Gasteiger partial charge < -0.3 is 4.74 Å². The molecule has 0 aliphatic heterocycles. The van der Waals surface area contributed by atoms with Crippen LogP contribution in [0.2, 0.25) is 0 Å². The van der Waals surface area contributed by atoms with E-state index in [4.69, 9.17) is 10.00 Å². The minimum atomic E-state index is 0.108. The molecule has 0 heterocycles. The summed E-state index contributed by atoms with van der Waals surface area (Å²) in [5.41, 5.74) is 0.364. The Morgan fingerprint density at radius 3 is 2.83 bits per heavy atom. The van der Waals surface area contributed by atoms with Crippen LogP contribution in [0.25, 0.3) is 0 Å². The van der Waals surface area contributed by atoms with E-state index in [9.17, 15) is 4.91 Å². The second-order valence-electron chi connectivity index (χ2n) is 2.09. The number of benzene rings is 1. The van der Waals surface area contributed by atoms with Gasteiger partial charge in [0.05, 0.1) is 12.7 Å². The van der Waals surface area contributed by atoms with Gasteiger partial charge in [-0.05, 0) is 17.3 Å². The highest BCUT2D eigenvalue weighted by Gasteiger charge is 2.02. The maximum Gasteiger partial charge on any atom is 0.129 e. The third-order valence-electron chi connectivity index (χ3n) is 1.42. The summed E-state index contributed by atoms with van der Waals surface area (Å²) in [5, 5.41) is 11.2. The zero-order valence-electron chi connectivity index (χ0n) is 6.44. The number of nitriles is 1.